The van der Waals surface area contributed by atoms with Crippen molar-refractivity contribution in [3.05, 3.63) is 52.7 Å². The van der Waals surface area contributed by atoms with E-state index < -0.39 is 5.97 Å². The third kappa shape index (κ3) is 5.38. The molecule has 0 aromatic carbocycles. The molecule has 0 bridgehead atoms. The van der Waals surface area contributed by atoms with Crippen LogP contribution in [0.4, 0.5) is 0 Å². The number of aromatic nitrogens is 2. The molecule has 0 amide bonds. The Morgan fingerprint density at radius 2 is 2.00 bits per heavy atom. The zero-order valence-corrected chi connectivity index (χ0v) is 16.6. The molecule has 0 fully saturated rings. The normalized spacial score (nSPS) is 17.7. The van der Waals surface area contributed by atoms with E-state index in [1.807, 2.05) is 13.0 Å². The van der Waals surface area contributed by atoms with Gasteiger partial charge >= 0.3 is 5.97 Å². The van der Waals surface area contributed by atoms with Crippen LogP contribution in [0.1, 0.15) is 76.5 Å². The molecule has 0 unspecified atom stereocenters. The molecule has 140 valence electrons. The van der Waals surface area contributed by atoms with E-state index in [1.54, 1.807) is 12.4 Å². The smallest absolute Gasteiger partial charge is 0.376 e. The summed E-state index contributed by atoms with van der Waals surface area (Å²) >= 11 is 0. The third-order valence-corrected chi connectivity index (χ3v) is 4.74. The number of carbonyl (C=O) groups is 1. The second-order valence-electron chi connectivity index (χ2n) is 7.63. The number of ether oxygens (including phenoxy) is 1. The average molecular weight is 354 g/mol. The number of hydrogen-bond acceptors (Lipinski definition) is 4. The topological polar surface area (TPSA) is 52.1 Å². The van der Waals surface area contributed by atoms with E-state index in [4.69, 9.17) is 4.74 Å². The lowest BCUT2D eigenvalue weighted by Crippen LogP contribution is -2.19. The Hall–Kier alpha value is -2.23. The summed E-state index contributed by atoms with van der Waals surface area (Å²) in [4.78, 5) is 19.9. The van der Waals surface area contributed by atoms with Gasteiger partial charge in [0.2, 0.25) is 5.82 Å². The Morgan fingerprint density at radius 1 is 1.31 bits per heavy atom. The number of carbonyl (C=O) groups excluding carboxylic acids is 1. The van der Waals surface area contributed by atoms with Crippen molar-refractivity contribution in [3.63, 3.8) is 0 Å². The van der Waals surface area contributed by atoms with Crippen LogP contribution in [0.15, 0.2) is 41.3 Å². The van der Waals surface area contributed by atoms with Gasteiger partial charge < -0.3 is 4.74 Å². The first-order valence-corrected chi connectivity index (χ1v) is 9.39. The lowest BCUT2D eigenvalue weighted by Gasteiger charge is -2.32. The molecule has 4 nitrogen and oxygen atoms in total. The fourth-order valence-corrected chi connectivity index (χ4v) is 3.31. The van der Waals surface area contributed by atoms with Crippen molar-refractivity contribution in [1.82, 2.24) is 9.97 Å². The monoisotopic (exact) mass is 354 g/mol. The number of esters is 1. The third-order valence-electron chi connectivity index (χ3n) is 4.74. The zero-order valence-electron chi connectivity index (χ0n) is 16.6. The van der Waals surface area contributed by atoms with Gasteiger partial charge in [0.05, 0.1) is 6.61 Å². The molecule has 0 radical (unpaired) electrons. The molecule has 2 rings (SSSR count). The van der Waals surface area contributed by atoms with Crippen LogP contribution in [-0.4, -0.2) is 22.5 Å². The van der Waals surface area contributed by atoms with Gasteiger partial charge in [-0.2, -0.15) is 0 Å². The predicted octanol–water partition coefficient (Wildman–Crippen LogP) is 5.53. The summed E-state index contributed by atoms with van der Waals surface area (Å²) in [6.45, 7) is 11.3. The van der Waals surface area contributed by atoms with Crippen LogP contribution in [0.5, 0.6) is 0 Å². The minimum atomic E-state index is -0.471. The highest BCUT2D eigenvalue weighted by molar-refractivity contribution is 5.85. The van der Waals surface area contributed by atoms with Crippen LogP contribution in [-0.2, 0) is 4.74 Å². The molecule has 1 aromatic heterocycles. The lowest BCUT2D eigenvalue weighted by molar-refractivity contribution is 0.0490. The predicted molar refractivity (Wildman–Crippen MR) is 106 cm³/mol. The minimum absolute atomic E-state index is 0.105. The number of rotatable bonds is 6. The van der Waals surface area contributed by atoms with E-state index in [-0.39, 0.29) is 11.2 Å². The van der Waals surface area contributed by atoms with Gasteiger partial charge in [-0.05, 0) is 56.6 Å². The first-order valence-electron chi connectivity index (χ1n) is 9.39. The van der Waals surface area contributed by atoms with Crippen molar-refractivity contribution in [2.45, 2.75) is 60.3 Å². The van der Waals surface area contributed by atoms with Gasteiger partial charge in [0.25, 0.3) is 0 Å². The van der Waals surface area contributed by atoms with Crippen molar-refractivity contribution >= 4 is 12.0 Å². The van der Waals surface area contributed by atoms with E-state index >= 15 is 0 Å². The van der Waals surface area contributed by atoms with Crippen LogP contribution in [0.3, 0.4) is 0 Å². The molecule has 0 spiro atoms. The molecular weight excluding hydrogens is 324 g/mol. The Morgan fingerprint density at radius 3 is 2.62 bits per heavy atom. The standard InChI is InChI=1S/C22H30N2O2/c1-6-12-26-21(25)20-23-14-18(15-24-20)13-16(2)9-10-19-17(3)8-7-11-22(19,4)5/h9-10,13-15H,6-8,11-12H2,1-5H3/b10-9+,16-13+. The molecule has 0 saturated carbocycles. The Labute approximate surface area is 157 Å². The Kier molecular flexibility index (Phi) is 6.90. The van der Waals surface area contributed by atoms with E-state index in [1.165, 1.54) is 30.4 Å². The maximum Gasteiger partial charge on any atom is 0.376 e. The highest BCUT2D eigenvalue weighted by atomic mass is 16.5. The second-order valence-corrected chi connectivity index (χ2v) is 7.63. The average Bonchev–Trinajstić information content (AvgIpc) is 2.59. The summed E-state index contributed by atoms with van der Waals surface area (Å²) in [6, 6.07) is 0. The summed E-state index contributed by atoms with van der Waals surface area (Å²) in [5, 5.41) is 0. The van der Waals surface area contributed by atoms with Crippen molar-refractivity contribution in [1.29, 1.82) is 0 Å². The van der Waals surface area contributed by atoms with Crippen LogP contribution in [0.2, 0.25) is 0 Å². The highest BCUT2D eigenvalue weighted by Crippen LogP contribution is 2.40. The summed E-state index contributed by atoms with van der Waals surface area (Å²) < 4.78 is 5.04. The van der Waals surface area contributed by atoms with Gasteiger partial charge in [0.15, 0.2) is 0 Å². The number of allylic oxidation sites excluding steroid dienone is 5. The summed E-state index contributed by atoms with van der Waals surface area (Å²) in [6.07, 6.45) is 14.2. The number of nitrogens with zero attached hydrogens (tertiary/aromatic N) is 2. The maximum absolute atomic E-state index is 11.7. The molecule has 0 saturated heterocycles. The summed E-state index contributed by atoms with van der Waals surface area (Å²) in [5.41, 5.74) is 5.16. The maximum atomic E-state index is 11.7. The quantitative estimate of drug-likeness (QED) is 0.498. The molecule has 4 heteroatoms. The SMILES string of the molecule is CCCOC(=O)c1ncc(/C=C(C)/C=C/C2=C(C)CCCC2(C)C)cn1. The van der Waals surface area contributed by atoms with E-state index in [2.05, 4.69) is 49.8 Å². The first-order chi connectivity index (χ1) is 12.3. The van der Waals surface area contributed by atoms with Gasteiger partial charge in [-0.1, -0.05) is 44.1 Å². The lowest BCUT2D eigenvalue weighted by atomic mass is 9.72. The molecule has 0 N–H and O–H groups in total. The van der Waals surface area contributed by atoms with Crippen LogP contribution in [0, 0.1) is 5.41 Å². The van der Waals surface area contributed by atoms with Crippen molar-refractivity contribution in [2.24, 2.45) is 5.41 Å². The molecule has 0 aliphatic heterocycles. The van der Waals surface area contributed by atoms with Gasteiger partial charge in [-0.25, -0.2) is 14.8 Å². The first kappa shape index (κ1) is 20.1. The van der Waals surface area contributed by atoms with Gasteiger partial charge in [-0.15, -0.1) is 0 Å². The molecular formula is C22H30N2O2. The van der Waals surface area contributed by atoms with Gasteiger partial charge in [-0.3, -0.25) is 0 Å². The van der Waals surface area contributed by atoms with Gasteiger partial charge in [0, 0.05) is 18.0 Å². The van der Waals surface area contributed by atoms with Crippen molar-refractivity contribution < 1.29 is 9.53 Å². The Bertz CT molecular complexity index is 725. The molecule has 26 heavy (non-hydrogen) atoms. The molecule has 1 aromatic rings. The van der Waals surface area contributed by atoms with Crippen LogP contribution >= 0.6 is 0 Å². The van der Waals surface area contributed by atoms with Crippen molar-refractivity contribution in [2.75, 3.05) is 6.61 Å². The van der Waals surface area contributed by atoms with Crippen molar-refractivity contribution in [3.8, 4) is 0 Å². The molecule has 1 aliphatic carbocycles. The summed E-state index contributed by atoms with van der Waals surface area (Å²) in [7, 11) is 0. The number of hydrogen-bond donors (Lipinski definition) is 0. The fraction of sp³-hybridized carbons (Fsp3) is 0.500. The zero-order chi connectivity index (χ0) is 19.2. The van der Waals surface area contributed by atoms with Crippen LogP contribution in [0.25, 0.3) is 6.08 Å². The van der Waals surface area contributed by atoms with E-state index in [0.29, 0.717) is 6.61 Å². The van der Waals surface area contributed by atoms with Gasteiger partial charge in [0.1, 0.15) is 0 Å². The largest absolute Gasteiger partial charge is 0.460 e. The molecule has 1 aliphatic rings. The second kappa shape index (κ2) is 8.93. The minimum Gasteiger partial charge on any atom is -0.460 e. The molecule has 0 atom stereocenters. The molecule has 1 heterocycles. The highest BCUT2D eigenvalue weighted by Gasteiger charge is 2.26. The van der Waals surface area contributed by atoms with E-state index in [0.717, 1.165) is 17.6 Å². The summed E-state index contributed by atoms with van der Waals surface area (Å²) in [5.74, 6) is -0.366. The van der Waals surface area contributed by atoms with E-state index in [9.17, 15) is 4.79 Å². The Balaban J connectivity index is 2.08. The fourth-order valence-electron chi connectivity index (χ4n) is 3.31. The van der Waals surface area contributed by atoms with Crippen LogP contribution < -0.4 is 0 Å².